The molecule has 2 aliphatic rings. The third kappa shape index (κ3) is 3.04. The molecule has 1 amide bonds. The standard InChI is InChI=1S/C24H24N4O3S/c1-32-13-27-21-10-20(24(30)28-14-6-7-15(28)9-16(29)8-14)25-11-18(21)23(26-27)19-12-31-22-5-3-2-4-17(19)22/h2-5,10-12,14-16,29H,6-9,13H2,1H3/t14-,15?,16?/m1/s1. The molecule has 32 heavy (non-hydrogen) atoms. The molecule has 8 heteroatoms. The van der Waals surface area contributed by atoms with Gasteiger partial charge in [-0.1, -0.05) is 18.2 Å². The van der Waals surface area contributed by atoms with Crippen molar-refractivity contribution < 1.29 is 14.3 Å². The average Bonchev–Trinajstić information content (AvgIpc) is 3.46. The maximum Gasteiger partial charge on any atom is 0.273 e. The van der Waals surface area contributed by atoms with Crippen LogP contribution in [0.2, 0.25) is 0 Å². The number of fused-ring (bicyclic) bond motifs is 4. The van der Waals surface area contributed by atoms with Crippen LogP contribution in [0, 0.1) is 0 Å². The molecule has 2 unspecified atom stereocenters. The fourth-order valence-electron chi connectivity index (χ4n) is 5.38. The number of para-hydroxylation sites is 1. The molecule has 2 saturated heterocycles. The van der Waals surface area contributed by atoms with E-state index < -0.39 is 0 Å². The Hall–Kier alpha value is -2.84. The number of aliphatic hydroxyl groups excluding tert-OH is 1. The molecule has 4 aromatic rings. The predicted molar refractivity (Wildman–Crippen MR) is 124 cm³/mol. The van der Waals surface area contributed by atoms with Crippen LogP contribution in [-0.2, 0) is 5.88 Å². The summed E-state index contributed by atoms with van der Waals surface area (Å²) in [7, 11) is 0. The molecule has 0 aliphatic carbocycles. The van der Waals surface area contributed by atoms with Crippen molar-refractivity contribution in [2.45, 2.75) is 49.7 Å². The van der Waals surface area contributed by atoms with Crippen molar-refractivity contribution in [2.24, 2.45) is 0 Å². The molecule has 5 heterocycles. The molecule has 0 radical (unpaired) electrons. The van der Waals surface area contributed by atoms with Crippen LogP contribution in [0.25, 0.3) is 33.1 Å². The molecular formula is C24H24N4O3S. The largest absolute Gasteiger partial charge is 0.464 e. The van der Waals surface area contributed by atoms with Gasteiger partial charge < -0.3 is 14.4 Å². The van der Waals surface area contributed by atoms with E-state index in [1.165, 1.54) is 0 Å². The van der Waals surface area contributed by atoms with Crippen molar-refractivity contribution in [1.82, 2.24) is 19.7 Å². The topological polar surface area (TPSA) is 84.4 Å². The van der Waals surface area contributed by atoms with Crippen molar-refractivity contribution in [3.63, 3.8) is 0 Å². The van der Waals surface area contributed by atoms with Gasteiger partial charge in [0.25, 0.3) is 5.91 Å². The fraction of sp³-hybridized carbons (Fsp3) is 0.375. The van der Waals surface area contributed by atoms with Gasteiger partial charge in [0.1, 0.15) is 23.2 Å². The van der Waals surface area contributed by atoms with E-state index in [1.54, 1.807) is 24.2 Å². The van der Waals surface area contributed by atoms with Gasteiger partial charge in [-0.15, -0.1) is 11.8 Å². The summed E-state index contributed by atoms with van der Waals surface area (Å²) in [6, 6.07) is 10.00. The second-order valence-corrected chi connectivity index (χ2v) is 9.56. The van der Waals surface area contributed by atoms with E-state index in [-0.39, 0.29) is 24.1 Å². The Balaban J connectivity index is 1.44. The number of carbonyl (C=O) groups is 1. The van der Waals surface area contributed by atoms with E-state index >= 15 is 0 Å². The highest BCUT2D eigenvalue weighted by atomic mass is 32.2. The molecule has 1 N–H and O–H groups in total. The number of benzene rings is 1. The van der Waals surface area contributed by atoms with Gasteiger partial charge in [-0.25, -0.2) is 0 Å². The molecule has 2 fully saturated rings. The summed E-state index contributed by atoms with van der Waals surface area (Å²) >= 11 is 1.67. The van der Waals surface area contributed by atoms with Crippen molar-refractivity contribution >= 4 is 39.5 Å². The number of carbonyl (C=O) groups excluding carboxylic acids is 1. The Morgan fingerprint density at radius 3 is 2.78 bits per heavy atom. The molecule has 1 aromatic carbocycles. The van der Waals surface area contributed by atoms with Crippen LogP contribution in [0.1, 0.15) is 36.2 Å². The van der Waals surface area contributed by atoms with Gasteiger partial charge in [0.05, 0.1) is 17.5 Å². The Bertz CT molecular complexity index is 1320. The average molecular weight is 449 g/mol. The van der Waals surface area contributed by atoms with Crippen LogP contribution in [0.3, 0.4) is 0 Å². The fourth-order valence-corrected chi connectivity index (χ4v) is 5.82. The first-order chi connectivity index (χ1) is 15.6. The number of aromatic nitrogens is 3. The SMILES string of the molecule is CSCn1nc(-c2coc3ccccc23)c2cnc(C(=O)N3C4CC[C@@H]3CC(O)C4)cc21. The highest BCUT2D eigenvalue weighted by molar-refractivity contribution is 7.97. The predicted octanol–water partition coefficient (Wildman–Crippen LogP) is 4.29. The lowest BCUT2D eigenvalue weighted by Gasteiger charge is -2.37. The number of rotatable bonds is 4. The minimum atomic E-state index is -0.303. The number of nitrogens with zero attached hydrogens (tertiary/aromatic N) is 4. The molecule has 3 aromatic heterocycles. The van der Waals surface area contributed by atoms with Gasteiger partial charge >= 0.3 is 0 Å². The van der Waals surface area contributed by atoms with Gasteiger partial charge in [-0.3, -0.25) is 14.5 Å². The van der Waals surface area contributed by atoms with Crippen molar-refractivity contribution in [2.75, 3.05) is 6.26 Å². The lowest BCUT2D eigenvalue weighted by Crippen LogP contribution is -2.48. The Morgan fingerprint density at radius 1 is 1.22 bits per heavy atom. The number of amides is 1. The molecule has 164 valence electrons. The number of hydrogen-bond acceptors (Lipinski definition) is 6. The quantitative estimate of drug-likeness (QED) is 0.501. The second-order valence-electron chi connectivity index (χ2n) is 8.72. The molecule has 7 nitrogen and oxygen atoms in total. The summed E-state index contributed by atoms with van der Waals surface area (Å²) in [5.41, 5.74) is 3.89. The summed E-state index contributed by atoms with van der Waals surface area (Å²) in [6.45, 7) is 0. The summed E-state index contributed by atoms with van der Waals surface area (Å²) < 4.78 is 7.68. The highest BCUT2D eigenvalue weighted by Crippen LogP contribution is 2.38. The summed E-state index contributed by atoms with van der Waals surface area (Å²) in [6.07, 6.45) is 8.47. The zero-order chi connectivity index (χ0) is 21.8. The smallest absolute Gasteiger partial charge is 0.273 e. The third-order valence-corrected chi connectivity index (χ3v) is 7.29. The number of hydrogen-bond donors (Lipinski definition) is 1. The van der Waals surface area contributed by atoms with Gasteiger partial charge in [0.2, 0.25) is 0 Å². The molecule has 2 bridgehead atoms. The third-order valence-electron chi connectivity index (χ3n) is 6.79. The van der Waals surface area contributed by atoms with Crippen molar-refractivity contribution in [3.8, 4) is 11.3 Å². The lowest BCUT2D eigenvalue weighted by molar-refractivity contribution is 0.0282. The molecule has 3 atom stereocenters. The van der Waals surface area contributed by atoms with Crippen LogP contribution >= 0.6 is 11.8 Å². The number of piperidine rings is 1. The minimum Gasteiger partial charge on any atom is -0.464 e. The Morgan fingerprint density at radius 2 is 2.00 bits per heavy atom. The summed E-state index contributed by atoms with van der Waals surface area (Å²) in [4.78, 5) is 20.0. The number of pyridine rings is 1. The first-order valence-corrected chi connectivity index (χ1v) is 12.4. The van der Waals surface area contributed by atoms with E-state index in [1.807, 2.05) is 46.2 Å². The molecular weight excluding hydrogens is 424 g/mol. The van der Waals surface area contributed by atoms with Crippen LogP contribution in [-0.4, -0.2) is 55.1 Å². The summed E-state index contributed by atoms with van der Waals surface area (Å²) in [5, 5.41) is 16.9. The van der Waals surface area contributed by atoms with Crippen molar-refractivity contribution in [3.05, 3.63) is 48.5 Å². The first-order valence-electron chi connectivity index (χ1n) is 11.0. The van der Waals surface area contributed by atoms with Gasteiger partial charge in [-0.05, 0) is 44.1 Å². The molecule has 0 spiro atoms. The van der Waals surface area contributed by atoms with Crippen molar-refractivity contribution in [1.29, 1.82) is 0 Å². The monoisotopic (exact) mass is 448 g/mol. The van der Waals surface area contributed by atoms with E-state index in [0.29, 0.717) is 24.4 Å². The zero-order valence-corrected chi connectivity index (χ0v) is 18.6. The number of aliphatic hydroxyl groups is 1. The van der Waals surface area contributed by atoms with Gasteiger partial charge in [0.15, 0.2) is 0 Å². The van der Waals surface area contributed by atoms with E-state index in [4.69, 9.17) is 9.52 Å². The van der Waals surface area contributed by atoms with Crippen LogP contribution in [0.5, 0.6) is 0 Å². The summed E-state index contributed by atoms with van der Waals surface area (Å²) in [5.74, 6) is 0.629. The maximum absolute atomic E-state index is 13.4. The van der Waals surface area contributed by atoms with E-state index in [0.717, 1.165) is 46.0 Å². The maximum atomic E-state index is 13.4. The normalized spacial score (nSPS) is 22.8. The van der Waals surface area contributed by atoms with E-state index in [2.05, 4.69) is 4.98 Å². The zero-order valence-electron chi connectivity index (χ0n) is 17.8. The number of furan rings is 1. The number of thioether (sulfide) groups is 1. The minimum absolute atomic E-state index is 0.0430. The van der Waals surface area contributed by atoms with Crippen LogP contribution in [0.4, 0.5) is 0 Å². The van der Waals surface area contributed by atoms with E-state index in [9.17, 15) is 9.90 Å². The molecule has 2 aliphatic heterocycles. The van der Waals surface area contributed by atoms with Gasteiger partial charge in [0, 0.05) is 34.6 Å². The second kappa shape index (κ2) is 7.64. The lowest BCUT2D eigenvalue weighted by atomic mass is 9.99. The van der Waals surface area contributed by atoms with Crippen LogP contribution in [0.15, 0.2) is 47.2 Å². The Labute approximate surface area is 189 Å². The molecule has 0 saturated carbocycles. The Kier molecular flexibility index (Phi) is 4.73. The first kappa shape index (κ1) is 19.8. The van der Waals surface area contributed by atoms with Gasteiger partial charge in [-0.2, -0.15) is 5.10 Å². The highest BCUT2D eigenvalue weighted by Gasteiger charge is 2.43. The van der Waals surface area contributed by atoms with Crippen LogP contribution < -0.4 is 0 Å². The molecule has 6 rings (SSSR count).